The summed E-state index contributed by atoms with van der Waals surface area (Å²) in [5.41, 5.74) is 8.62. The van der Waals surface area contributed by atoms with Gasteiger partial charge in [-0.3, -0.25) is 4.79 Å². The molecule has 0 aliphatic heterocycles. The molecule has 0 saturated heterocycles. The van der Waals surface area contributed by atoms with Crippen molar-refractivity contribution in [3.63, 3.8) is 0 Å². The number of hydrogen-bond donors (Lipinski definition) is 3. The van der Waals surface area contributed by atoms with Gasteiger partial charge < -0.3 is 16.2 Å². The Hall–Kier alpha value is -4.03. The summed E-state index contributed by atoms with van der Waals surface area (Å²) in [5.74, 6) is -1.86. The first-order chi connectivity index (χ1) is 14.4. The minimum atomic E-state index is -5.08. The molecule has 0 aliphatic rings. The number of alkyl halides is 3. The van der Waals surface area contributed by atoms with E-state index in [9.17, 15) is 18.0 Å². The molecule has 0 spiro atoms. The molecular weight excluding hydrogens is 419 g/mol. The van der Waals surface area contributed by atoms with Crippen LogP contribution >= 0.6 is 0 Å². The average molecular weight is 437 g/mol. The highest BCUT2D eigenvalue weighted by Gasteiger charge is 2.38. The van der Waals surface area contributed by atoms with E-state index >= 15 is 0 Å². The Bertz CT molecular complexity index is 1110. The Balaban J connectivity index is 0.000000423. The number of aryl methyl sites for hydroxylation is 2. The molecule has 0 bridgehead atoms. The minimum absolute atomic E-state index is 0.223. The quantitative estimate of drug-likeness (QED) is 0.566. The molecule has 0 fully saturated rings. The van der Waals surface area contributed by atoms with Crippen LogP contribution in [-0.2, 0) is 9.59 Å². The zero-order valence-corrected chi connectivity index (χ0v) is 16.6. The van der Waals surface area contributed by atoms with Crippen LogP contribution in [0.15, 0.2) is 30.3 Å². The maximum Gasteiger partial charge on any atom is 0.490 e. The Morgan fingerprint density at radius 1 is 1.10 bits per heavy atom. The molecule has 0 atom stereocenters. The standard InChI is InChI=1S/C16H17N7O.C2HF3O2/c1-9-7-10(2)23(22-9)16-20-13(8-15(21-16)18-11(3)24)12-5-4-6-14(17)19-12;3-2(4,5)1(6)7/h4-8H,1-3H3,(H2,17,19)(H,18,20,21,24);(H,6,7). The second-order valence-electron chi connectivity index (χ2n) is 6.21. The fraction of sp³-hybridized carbons (Fsp3) is 0.222. The number of rotatable bonds is 3. The Morgan fingerprint density at radius 2 is 1.74 bits per heavy atom. The van der Waals surface area contributed by atoms with Crippen LogP contribution in [0.1, 0.15) is 18.3 Å². The SMILES string of the molecule is CC(=O)Nc1cc(-c2cccc(N)n2)nc(-n2nc(C)cc2C)n1.O=C(O)C(F)(F)F. The number of nitrogens with zero attached hydrogens (tertiary/aromatic N) is 5. The van der Waals surface area contributed by atoms with Crippen LogP contribution in [0.4, 0.5) is 24.8 Å². The molecule has 3 aromatic rings. The second kappa shape index (κ2) is 9.19. The predicted molar refractivity (Wildman–Crippen MR) is 104 cm³/mol. The summed E-state index contributed by atoms with van der Waals surface area (Å²) in [5, 5.41) is 14.2. The van der Waals surface area contributed by atoms with Gasteiger partial charge in [-0.05, 0) is 32.0 Å². The summed E-state index contributed by atoms with van der Waals surface area (Å²) >= 11 is 0. The van der Waals surface area contributed by atoms with Crippen molar-refractivity contribution in [3.05, 3.63) is 41.7 Å². The van der Waals surface area contributed by atoms with Crippen molar-refractivity contribution in [1.82, 2.24) is 24.7 Å². The number of nitrogen functional groups attached to an aromatic ring is 1. The first-order valence-corrected chi connectivity index (χ1v) is 8.60. The molecule has 4 N–H and O–H groups in total. The number of halogens is 3. The highest BCUT2D eigenvalue weighted by atomic mass is 19.4. The van der Waals surface area contributed by atoms with Gasteiger partial charge in [-0.2, -0.15) is 23.3 Å². The lowest BCUT2D eigenvalue weighted by atomic mass is 10.2. The summed E-state index contributed by atoms with van der Waals surface area (Å²) in [7, 11) is 0. The number of anilines is 2. The molecule has 0 radical (unpaired) electrons. The summed E-state index contributed by atoms with van der Waals surface area (Å²) in [6.07, 6.45) is -5.08. The number of aliphatic carboxylic acids is 1. The number of nitrogens with two attached hydrogens (primary N) is 1. The number of carbonyl (C=O) groups is 2. The van der Waals surface area contributed by atoms with Gasteiger partial charge in [0, 0.05) is 18.7 Å². The molecule has 0 unspecified atom stereocenters. The maximum absolute atomic E-state index is 11.4. The molecule has 0 aliphatic carbocycles. The van der Waals surface area contributed by atoms with Gasteiger partial charge in [-0.15, -0.1) is 0 Å². The first kappa shape index (κ1) is 23.3. The largest absolute Gasteiger partial charge is 0.490 e. The van der Waals surface area contributed by atoms with E-state index < -0.39 is 12.1 Å². The van der Waals surface area contributed by atoms with Gasteiger partial charge in [0.15, 0.2) is 0 Å². The molecule has 3 rings (SSSR count). The third-order valence-corrected chi connectivity index (χ3v) is 3.49. The predicted octanol–water partition coefficient (Wildman–Crippen LogP) is 2.52. The lowest BCUT2D eigenvalue weighted by molar-refractivity contribution is -0.192. The molecule has 3 heterocycles. The van der Waals surface area contributed by atoms with Crippen LogP contribution in [-0.4, -0.2) is 47.9 Å². The molecule has 3 aromatic heterocycles. The molecule has 31 heavy (non-hydrogen) atoms. The molecule has 0 saturated carbocycles. The summed E-state index contributed by atoms with van der Waals surface area (Å²) in [4.78, 5) is 33.5. The van der Waals surface area contributed by atoms with Gasteiger partial charge >= 0.3 is 12.1 Å². The Kier molecular flexibility index (Phi) is 6.89. The monoisotopic (exact) mass is 437 g/mol. The Labute approximate surface area is 174 Å². The van der Waals surface area contributed by atoms with Crippen molar-refractivity contribution < 1.29 is 27.9 Å². The number of carboxylic acids is 1. The van der Waals surface area contributed by atoms with E-state index in [1.807, 2.05) is 19.9 Å². The molecule has 13 heteroatoms. The van der Waals surface area contributed by atoms with E-state index in [0.717, 1.165) is 11.4 Å². The van der Waals surface area contributed by atoms with Crippen LogP contribution in [0.3, 0.4) is 0 Å². The average Bonchev–Trinajstić information content (AvgIpc) is 2.99. The first-order valence-electron chi connectivity index (χ1n) is 8.60. The number of nitrogens with one attached hydrogen (secondary N) is 1. The van der Waals surface area contributed by atoms with Crippen LogP contribution in [0, 0.1) is 13.8 Å². The smallest absolute Gasteiger partial charge is 0.475 e. The van der Waals surface area contributed by atoms with Gasteiger partial charge in [-0.1, -0.05) is 6.07 Å². The lowest BCUT2D eigenvalue weighted by Gasteiger charge is -2.09. The molecule has 0 aromatic carbocycles. The molecular formula is C18H18F3N7O3. The van der Waals surface area contributed by atoms with E-state index in [1.165, 1.54) is 6.92 Å². The number of pyridine rings is 1. The highest BCUT2D eigenvalue weighted by Crippen LogP contribution is 2.21. The van der Waals surface area contributed by atoms with Crippen LogP contribution in [0.2, 0.25) is 0 Å². The van der Waals surface area contributed by atoms with Crippen molar-refractivity contribution in [1.29, 1.82) is 0 Å². The van der Waals surface area contributed by atoms with Gasteiger partial charge in [0.1, 0.15) is 11.6 Å². The normalized spacial score (nSPS) is 10.8. The minimum Gasteiger partial charge on any atom is -0.475 e. The van der Waals surface area contributed by atoms with E-state index in [-0.39, 0.29) is 5.91 Å². The van der Waals surface area contributed by atoms with Crippen molar-refractivity contribution >= 4 is 23.5 Å². The van der Waals surface area contributed by atoms with E-state index in [0.29, 0.717) is 29.0 Å². The fourth-order valence-electron chi connectivity index (χ4n) is 2.33. The maximum atomic E-state index is 11.4. The number of carboxylic acid groups (broad SMARTS) is 1. The fourth-order valence-corrected chi connectivity index (χ4v) is 2.33. The number of hydrogen-bond acceptors (Lipinski definition) is 7. The van der Waals surface area contributed by atoms with Crippen LogP contribution in [0.25, 0.3) is 17.3 Å². The zero-order valence-electron chi connectivity index (χ0n) is 16.6. The molecule has 1 amide bonds. The second-order valence-corrected chi connectivity index (χ2v) is 6.21. The number of carbonyl (C=O) groups excluding carboxylic acids is 1. The summed E-state index contributed by atoms with van der Waals surface area (Å²) < 4.78 is 33.4. The van der Waals surface area contributed by atoms with Gasteiger partial charge in [0.05, 0.1) is 17.1 Å². The third-order valence-electron chi connectivity index (χ3n) is 3.49. The van der Waals surface area contributed by atoms with Gasteiger partial charge in [0.25, 0.3) is 5.95 Å². The molecule has 164 valence electrons. The van der Waals surface area contributed by atoms with Gasteiger partial charge in [0.2, 0.25) is 5.91 Å². The topological polar surface area (TPSA) is 149 Å². The Morgan fingerprint density at radius 3 is 2.23 bits per heavy atom. The highest BCUT2D eigenvalue weighted by molar-refractivity contribution is 5.88. The van der Waals surface area contributed by atoms with Crippen molar-refractivity contribution in [2.75, 3.05) is 11.1 Å². The van der Waals surface area contributed by atoms with E-state index in [4.69, 9.17) is 15.6 Å². The number of amides is 1. The summed E-state index contributed by atoms with van der Waals surface area (Å²) in [6, 6.07) is 8.86. The van der Waals surface area contributed by atoms with Crippen molar-refractivity contribution in [2.45, 2.75) is 26.9 Å². The van der Waals surface area contributed by atoms with E-state index in [1.54, 1.807) is 28.9 Å². The van der Waals surface area contributed by atoms with Gasteiger partial charge in [-0.25, -0.2) is 19.4 Å². The third kappa shape index (κ3) is 6.48. The van der Waals surface area contributed by atoms with Crippen LogP contribution in [0.5, 0.6) is 0 Å². The molecule has 10 nitrogen and oxygen atoms in total. The summed E-state index contributed by atoms with van der Waals surface area (Å²) in [6.45, 7) is 5.22. The van der Waals surface area contributed by atoms with E-state index in [2.05, 4.69) is 25.4 Å². The lowest BCUT2D eigenvalue weighted by Crippen LogP contribution is -2.21. The van der Waals surface area contributed by atoms with Crippen molar-refractivity contribution in [3.8, 4) is 17.3 Å². The van der Waals surface area contributed by atoms with Crippen LogP contribution < -0.4 is 11.1 Å². The van der Waals surface area contributed by atoms with Crippen molar-refractivity contribution in [2.24, 2.45) is 0 Å². The zero-order chi connectivity index (χ0) is 23.3. The number of aromatic nitrogens is 5.